The predicted octanol–water partition coefficient (Wildman–Crippen LogP) is 17.0. The standard InChI is InChI=1S/C74H64N4/c1-2-44-57-46(62-67-53(27-76-69-34-16-37-19-40-22-49(63(67)69)74(37,40)25-34)78-51-7-5-41-32-14-35-17-39-21-48(73(35,39)23-32)58(41)65(51)60(44)71(62)78)4-3-45-56(57)43(1)59-64-50(8-6-42-47-20-38-18-36-15-33(54(42)64)24-72(36,38)47)77-52-26-75-68-31-12-28-9-29(13-31)11-30(10-28)55(68)66(52)61(45)70(59)77/h5-8,26-40,47-49H,1-4,9-25H2. The van der Waals surface area contributed by atoms with E-state index < -0.39 is 0 Å². The molecule has 3 spiro atoms. The summed E-state index contributed by atoms with van der Waals surface area (Å²) in [7, 11) is 0. The average molecular weight is 1010 g/mol. The SMILES string of the molecule is c1cc2c(c3c1C1CC4CC5CC3C45C1)c1c3c4c(c5c6c7c(ncc6n2c15)C1CC2CC5CC7C25C1)CCc1c-4c(c2c4c5c(ccc4n4c6cnc7c(c6c1c24)C1CC2CC(CC7C2)C1)C1CC2CC4CC5CC421)CC3. The number of hydrogen-bond acceptors (Lipinski definition) is 2. The van der Waals surface area contributed by atoms with Crippen LogP contribution in [0.25, 0.3) is 87.3 Å². The summed E-state index contributed by atoms with van der Waals surface area (Å²) in [6.07, 6.45) is 34.3. The largest absolute Gasteiger partial charge is 0.306 e. The van der Waals surface area contributed by atoms with Crippen LogP contribution in [0.2, 0.25) is 0 Å². The van der Waals surface area contributed by atoms with Gasteiger partial charge in [0.05, 0.1) is 45.5 Å². The summed E-state index contributed by atoms with van der Waals surface area (Å²) in [5.41, 5.74) is 35.7. The normalized spacial score (nSPS) is 43.7. The topological polar surface area (TPSA) is 34.6 Å². The van der Waals surface area contributed by atoms with Crippen molar-refractivity contribution in [2.75, 3.05) is 0 Å². The van der Waals surface area contributed by atoms with Gasteiger partial charge < -0.3 is 8.80 Å². The minimum atomic E-state index is 0.580. The van der Waals surface area contributed by atoms with E-state index in [0.717, 1.165) is 77.4 Å². The summed E-state index contributed by atoms with van der Waals surface area (Å²) < 4.78 is 5.84. The molecule has 18 aliphatic rings. The lowest BCUT2D eigenvalue weighted by Gasteiger charge is -2.68. The number of nitrogens with zero attached hydrogens (tertiary/aromatic N) is 4. The lowest BCUT2D eigenvalue weighted by atomic mass is 9.36. The van der Waals surface area contributed by atoms with E-state index in [-0.39, 0.29) is 0 Å². The molecule has 4 aromatic carbocycles. The molecule has 10 bridgehead atoms. The van der Waals surface area contributed by atoms with Crippen molar-refractivity contribution in [3.05, 3.63) is 104 Å². The Labute approximate surface area is 453 Å². The van der Waals surface area contributed by atoms with Gasteiger partial charge in [0.1, 0.15) is 0 Å². The van der Waals surface area contributed by atoms with Gasteiger partial charge in [-0.25, -0.2) is 0 Å². The Balaban J connectivity index is 0.850. The van der Waals surface area contributed by atoms with Crippen LogP contribution < -0.4 is 0 Å². The second kappa shape index (κ2) is 11.1. The molecule has 17 unspecified atom stereocenters. The number of aryl methyl sites for hydroxylation is 4. The van der Waals surface area contributed by atoms with Gasteiger partial charge in [-0.05, 0) is 313 Å². The van der Waals surface area contributed by atoms with E-state index in [1.165, 1.54) is 139 Å². The molecule has 10 aromatic rings. The zero-order chi connectivity index (χ0) is 48.6. The van der Waals surface area contributed by atoms with Crippen LogP contribution in [0, 0.1) is 63.6 Å². The Kier molecular flexibility index (Phi) is 5.48. The minimum Gasteiger partial charge on any atom is -0.306 e. The molecule has 11 saturated carbocycles. The summed E-state index contributed by atoms with van der Waals surface area (Å²) in [6, 6.07) is 10.8. The second-order valence-electron chi connectivity index (χ2n) is 32.4. The fourth-order valence-electron chi connectivity index (χ4n) is 29.7. The van der Waals surface area contributed by atoms with E-state index >= 15 is 0 Å². The Morgan fingerprint density at radius 1 is 0.346 bits per heavy atom. The maximum absolute atomic E-state index is 5.80. The highest BCUT2D eigenvalue weighted by Gasteiger charge is 2.75. The molecule has 28 rings (SSSR count). The van der Waals surface area contributed by atoms with E-state index in [1.807, 2.05) is 11.1 Å². The van der Waals surface area contributed by atoms with Crippen molar-refractivity contribution in [3.8, 4) is 11.1 Å². The molecule has 11 fully saturated rings. The fraction of sp³-hybridized carbons (Fsp3) is 0.541. The van der Waals surface area contributed by atoms with E-state index in [1.54, 1.807) is 132 Å². The van der Waals surface area contributed by atoms with Crippen LogP contribution in [0.3, 0.4) is 0 Å². The Morgan fingerprint density at radius 3 is 1.44 bits per heavy atom. The highest BCUT2D eigenvalue weighted by atomic mass is 15.0. The van der Waals surface area contributed by atoms with Crippen LogP contribution in [0.4, 0.5) is 0 Å². The number of fused-ring (bicyclic) bond motifs is 31. The zero-order valence-corrected chi connectivity index (χ0v) is 44.8. The maximum Gasteiger partial charge on any atom is 0.0728 e. The van der Waals surface area contributed by atoms with Crippen LogP contribution in [0.5, 0.6) is 0 Å². The van der Waals surface area contributed by atoms with Crippen LogP contribution in [-0.4, -0.2) is 18.8 Å². The van der Waals surface area contributed by atoms with Crippen LogP contribution in [0.15, 0.2) is 36.7 Å². The van der Waals surface area contributed by atoms with E-state index in [2.05, 4.69) is 45.5 Å². The number of rotatable bonds is 0. The molecule has 380 valence electrons. The first kappa shape index (κ1) is 38.4. The Hall–Kier alpha value is -5.22. The van der Waals surface area contributed by atoms with Gasteiger partial charge in [-0.1, -0.05) is 12.1 Å². The van der Waals surface area contributed by atoms with Gasteiger partial charge in [0.15, 0.2) is 0 Å². The van der Waals surface area contributed by atoms with Gasteiger partial charge in [-0.2, -0.15) is 0 Å². The van der Waals surface area contributed by atoms with Crippen molar-refractivity contribution in [2.24, 2.45) is 63.6 Å². The molecule has 0 amide bonds. The summed E-state index contributed by atoms with van der Waals surface area (Å²) in [6.45, 7) is 0. The molecule has 0 N–H and O–H groups in total. The number of aromatic nitrogens is 4. The van der Waals surface area contributed by atoms with E-state index in [0.29, 0.717) is 39.9 Å². The first-order valence-electron chi connectivity index (χ1n) is 33.0. The lowest BCUT2D eigenvalue weighted by Crippen LogP contribution is -2.59. The van der Waals surface area contributed by atoms with Crippen LogP contribution in [0.1, 0.15) is 224 Å². The van der Waals surface area contributed by atoms with Crippen molar-refractivity contribution in [2.45, 2.75) is 182 Å². The third-order valence-corrected chi connectivity index (χ3v) is 31.6. The van der Waals surface area contributed by atoms with Gasteiger partial charge in [0.2, 0.25) is 0 Å². The monoisotopic (exact) mass is 1010 g/mol. The molecule has 0 saturated heterocycles. The van der Waals surface area contributed by atoms with Crippen molar-refractivity contribution in [1.29, 1.82) is 0 Å². The smallest absolute Gasteiger partial charge is 0.0728 e. The van der Waals surface area contributed by atoms with Crippen molar-refractivity contribution < 1.29 is 0 Å². The predicted molar refractivity (Wildman–Crippen MR) is 307 cm³/mol. The molecular weight excluding hydrogens is 945 g/mol. The van der Waals surface area contributed by atoms with Gasteiger partial charge in [0.25, 0.3) is 0 Å². The third kappa shape index (κ3) is 3.33. The van der Waals surface area contributed by atoms with Gasteiger partial charge in [-0.15, -0.1) is 0 Å². The van der Waals surface area contributed by atoms with Gasteiger partial charge in [0, 0.05) is 66.3 Å². The summed E-state index contributed by atoms with van der Waals surface area (Å²) >= 11 is 0. The molecule has 6 aromatic heterocycles. The van der Waals surface area contributed by atoms with E-state index in [9.17, 15) is 0 Å². The molecule has 0 aliphatic heterocycles. The first-order valence-corrected chi connectivity index (χ1v) is 33.0. The first-order chi connectivity index (χ1) is 38.5. The maximum atomic E-state index is 5.80. The lowest BCUT2D eigenvalue weighted by molar-refractivity contribution is -0.146. The highest BCUT2D eigenvalue weighted by molar-refractivity contribution is 6.32. The van der Waals surface area contributed by atoms with Crippen LogP contribution in [-0.2, 0) is 25.7 Å². The summed E-state index contributed by atoms with van der Waals surface area (Å²) in [4.78, 5) is 11.6. The zero-order valence-electron chi connectivity index (χ0n) is 44.8. The Morgan fingerprint density at radius 2 is 0.808 bits per heavy atom. The van der Waals surface area contributed by atoms with Crippen molar-refractivity contribution in [1.82, 2.24) is 18.8 Å². The molecule has 18 aliphatic carbocycles. The molecule has 4 nitrogen and oxygen atoms in total. The summed E-state index contributed by atoms with van der Waals surface area (Å²) in [5, 5.41) is 13.7. The van der Waals surface area contributed by atoms with E-state index in [4.69, 9.17) is 9.97 Å². The summed E-state index contributed by atoms with van der Waals surface area (Å²) in [5.74, 6) is 13.3. The third-order valence-electron chi connectivity index (χ3n) is 31.6. The van der Waals surface area contributed by atoms with Crippen molar-refractivity contribution in [3.63, 3.8) is 0 Å². The molecule has 0 radical (unpaired) electrons. The molecule has 4 heteroatoms. The molecule has 17 atom stereocenters. The van der Waals surface area contributed by atoms with Gasteiger partial charge in [-0.3, -0.25) is 9.97 Å². The second-order valence-corrected chi connectivity index (χ2v) is 32.4. The Bertz CT molecular complexity index is 4690. The minimum absolute atomic E-state index is 0.580. The van der Waals surface area contributed by atoms with Crippen LogP contribution >= 0.6 is 0 Å². The molecule has 78 heavy (non-hydrogen) atoms. The number of pyridine rings is 2. The quantitative estimate of drug-likeness (QED) is 0.152. The number of hydrogen-bond donors (Lipinski definition) is 0. The molecule has 6 heterocycles. The van der Waals surface area contributed by atoms with Crippen molar-refractivity contribution >= 4 is 76.2 Å². The highest BCUT2D eigenvalue weighted by Crippen LogP contribution is 2.85. The fourth-order valence-corrected chi connectivity index (χ4v) is 29.7. The molecular formula is C74H64N4. The number of benzene rings is 4. The average Bonchev–Trinajstić information content (AvgIpc) is 2.01. The van der Waals surface area contributed by atoms with Gasteiger partial charge >= 0.3 is 0 Å².